The second kappa shape index (κ2) is 9.36. The highest BCUT2D eigenvalue weighted by Crippen LogP contribution is 2.15. The van der Waals surface area contributed by atoms with Crippen LogP contribution in [0.4, 0.5) is 0 Å². The van der Waals surface area contributed by atoms with Crippen LogP contribution in [0.1, 0.15) is 11.3 Å². The molecule has 0 amide bonds. The molecule has 0 aliphatic carbocycles. The van der Waals surface area contributed by atoms with Gasteiger partial charge in [-0.3, -0.25) is 14.7 Å². The second-order valence-corrected chi connectivity index (χ2v) is 5.54. The SMILES string of the molecule is CN=C(NCCc1cccc2cccnc12)NCc1ccnn1C.I. The zero-order chi connectivity index (χ0) is 16.8. The van der Waals surface area contributed by atoms with Crippen molar-refractivity contribution in [2.45, 2.75) is 13.0 Å². The smallest absolute Gasteiger partial charge is 0.191 e. The number of benzene rings is 1. The molecule has 0 saturated carbocycles. The number of fused-ring (bicyclic) bond motifs is 1. The number of hydrogen-bond donors (Lipinski definition) is 2. The van der Waals surface area contributed by atoms with Gasteiger partial charge in [0.2, 0.25) is 0 Å². The number of halogens is 1. The molecule has 3 rings (SSSR count). The van der Waals surface area contributed by atoms with E-state index in [0.717, 1.165) is 30.1 Å². The van der Waals surface area contributed by atoms with Crippen molar-refractivity contribution in [3.05, 3.63) is 60.0 Å². The lowest BCUT2D eigenvalue weighted by molar-refractivity contribution is 0.684. The summed E-state index contributed by atoms with van der Waals surface area (Å²) in [5.74, 6) is 0.782. The summed E-state index contributed by atoms with van der Waals surface area (Å²) in [6, 6.07) is 12.3. The number of nitrogens with one attached hydrogen (secondary N) is 2. The van der Waals surface area contributed by atoms with E-state index < -0.39 is 0 Å². The lowest BCUT2D eigenvalue weighted by atomic mass is 10.1. The van der Waals surface area contributed by atoms with E-state index in [2.05, 4.69) is 50.0 Å². The number of aromatic nitrogens is 3. The van der Waals surface area contributed by atoms with E-state index in [4.69, 9.17) is 0 Å². The third kappa shape index (κ3) is 4.91. The van der Waals surface area contributed by atoms with Gasteiger partial charge in [0.05, 0.1) is 17.8 Å². The Bertz CT molecular complexity index is 837. The van der Waals surface area contributed by atoms with Crippen molar-refractivity contribution >= 4 is 40.8 Å². The Hall–Kier alpha value is -2.16. The predicted octanol–water partition coefficient (Wildman–Crippen LogP) is 2.49. The molecule has 6 nitrogen and oxygen atoms in total. The van der Waals surface area contributed by atoms with Gasteiger partial charge in [-0.15, -0.1) is 24.0 Å². The quantitative estimate of drug-likeness (QED) is 0.356. The van der Waals surface area contributed by atoms with Crippen molar-refractivity contribution in [2.75, 3.05) is 13.6 Å². The van der Waals surface area contributed by atoms with Gasteiger partial charge < -0.3 is 10.6 Å². The molecule has 0 bridgehead atoms. The van der Waals surface area contributed by atoms with Crippen molar-refractivity contribution in [3.8, 4) is 0 Å². The molecule has 3 aromatic rings. The van der Waals surface area contributed by atoms with E-state index in [1.807, 2.05) is 30.1 Å². The van der Waals surface area contributed by atoms with Crippen molar-refractivity contribution in [1.29, 1.82) is 0 Å². The molecule has 0 atom stereocenters. The topological polar surface area (TPSA) is 67.1 Å². The monoisotopic (exact) mass is 450 g/mol. The van der Waals surface area contributed by atoms with Crippen LogP contribution in [0.25, 0.3) is 10.9 Å². The predicted molar refractivity (Wildman–Crippen MR) is 112 cm³/mol. The maximum atomic E-state index is 4.50. The van der Waals surface area contributed by atoms with Crippen LogP contribution in [-0.4, -0.2) is 34.3 Å². The number of rotatable bonds is 5. The van der Waals surface area contributed by atoms with Crippen LogP contribution in [0.15, 0.2) is 53.8 Å². The molecule has 0 aliphatic heterocycles. The van der Waals surface area contributed by atoms with E-state index in [-0.39, 0.29) is 24.0 Å². The van der Waals surface area contributed by atoms with Gasteiger partial charge in [0.25, 0.3) is 0 Å². The summed E-state index contributed by atoms with van der Waals surface area (Å²) in [6.45, 7) is 1.48. The van der Waals surface area contributed by atoms with Crippen LogP contribution in [0.2, 0.25) is 0 Å². The molecule has 132 valence electrons. The zero-order valence-electron chi connectivity index (χ0n) is 14.4. The van der Waals surface area contributed by atoms with E-state index in [0.29, 0.717) is 6.54 Å². The fraction of sp³-hybridized carbons (Fsp3) is 0.278. The summed E-state index contributed by atoms with van der Waals surface area (Å²) < 4.78 is 1.85. The third-order valence-corrected chi connectivity index (χ3v) is 3.99. The zero-order valence-corrected chi connectivity index (χ0v) is 16.8. The molecule has 0 radical (unpaired) electrons. The number of aryl methyl sites for hydroxylation is 1. The van der Waals surface area contributed by atoms with Crippen molar-refractivity contribution in [3.63, 3.8) is 0 Å². The maximum Gasteiger partial charge on any atom is 0.191 e. The van der Waals surface area contributed by atoms with Gasteiger partial charge in [0, 0.05) is 38.4 Å². The van der Waals surface area contributed by atoms with E-state index in [1.165, 1.54) is 10.9 Å². The first kappa shape index (κ1) is 19.2. The molecular weight excluding hydrogens is 427 g/mol. The molecule has 0 unspecified atom stereocenters. The average molecular weight is 450 g/mol. The Labute approximate surface area is 164 Å². The van der Waals surface area contributed by atoms with Crippen LogP contribution in [0, 0.1) is 0 Å². The lowest BCUT2D eigenvalue weighted by Gasteiger charge is -2.12. The summed E-state index contributed by atoms with van der Waals surface area (Å²) in [7, 11) is 3.71. The van der Waals surface area contributed by atoms with E-state index in [1.54, 1.807) is 13.2 Å². The normalized spacial score (nSPS) is 11.2. The second-order valence-electron chi connectivity index (χ2n) is 5.54. The lowest BCUT2D eigenvalue weighted by Crippen LogP contribution is -2.38. The first-order chi connectivity index (χ1) is 11.8. The number of aliphatic imine (C=N–C) groups is 1. The first-order valence-electron chi connectivity index (χ1n) is 8.02. The number of pyridine rings is 1. The Morgan fingerprint density at radius 3 is 2.72 bits per heavy atom. The van der Waals surface area contributed by atoms with Gasteiger partial charge in [-0.05, 0) is 24.1 Å². The van der Waals surface area contributed by atoms with Crippen LogP contribution >= 0.6 is 24.0 Å². The summed E-state index contributed by atoms with van der Waals surface area (Å²) >= 11 is 0. The molecule has 0 spiro atoms. The minimum Gasteiger partial charge on any atom is -0.356 e. The van der Waals surface area contributed by atoms with E-state index >= 15 is 0 Å². The van der Waals surface area contributed by atoms with Crippen LogP contribution in [0.5, 0.6) is 0 Å². The fourth-order valence-electron chi connectivity index (χ4n) is 2.65. The molecule has 2 aromatic heterocycles. The summed E-state index contributed by atoms with van der Waals surface area (Å²) in [5, 5.41) is 12.0. The van der Waals surface area contributed by atoms with E-state index in [9.17, 15) is 0 Å². The molecule has 25 heavy (non-hydrogen) atoms. The Balaban J connectivity index is 0.00000225. The molecule has 2 N–H and O–H groups in total. The Morgan fingerprint density at radius 1 is 1.12 bits per heavy atom. The third-order valence-electron chi connectivity index (χ3n) is 3.99. The van der Waals surface area contributed by atoms with Gasteiger partial charge in [-0.25, -0.2) is 0 Å². The summed E-state index contributed by atoms with van der Waals surface area (Å²) in [4.78, 5) is 8.76. The largest absolute Gasteiger partial charge is 0.356 e. The maximum absolute atomic E-state index is 4.50. The first-order valence-corrected chi connectivity index (χ1v) is 8.02. The molecule has 1 aromatic carbocycles. The van der Waals surface area contributed by atoms with Gasteiger partial charge in [0.15, 0.2) is 5.96 Å². The highest BCUT2D eigenvalue weighted by molar-refractivity contribution is 14.0. The number of hydrogen-bond acceptors (Lipinski definition) is 3. The van der Waals surface area contributed by atoms with Gasteiger partial charge in [-0.1, -0.05) is 24.3 Å². The summed E-state index contributed by atoms with van der Waals surface area (Å²) in [6.07, 6.45) is 4.52. The van der Waals surface area contributed by atoms with Crippen LogP contribution in [-0.2, 0) is 20.0 Å². The minimum atomic E-state index is 0. The van der Waals surface area contributed by atoms with Gasteiger partial charge >= 0.3 is 0 Å². The van der Waals surface area contributed by atoms with Crippen molar-refractivity contribution in [1.82, 2.24) is 25.4 Å². The van der Waals surface area contributed by atoms with Gasteiger partial charge in [0.1, 0.15) is 0 Å². The fourth-order valence-corrected chi connectivity index (χ4v) is 2.65. The molecule has 2 heterocycles. The van der Waals surface area contributed by atoms with Crippen LogP contribution in [0.3, 0.4) is 0 Å². The number of para-hydroxylation sites is 1. The van der Waals surface area contributed by atoms with Gasteiger partial charge in [-0.2, -0.15) is 5.10 Å². The molecule has 0 saturated heterocycles. The van der Waals surface area contributed by atoms with Crippen LogP contribution < -0.4 is 10.6 Å². The number of nitrogens with zero attached hydrogens (tertiary/aromatic N) is 4. The highest BCUT2D eigenvalue weighted by Gasteiger charge is 2.04. The standard InChI is InChI=1S/C18H22N6.HI/c1-19-18(22-13-16-9-12-23-24(16)2)21-11-8-15-6-3-5-14-7-4-10-20-17(14)15;/h3-7,9-10,12H,8,11,13H2,1-2H3,(H2,19,21,22);1H. The molecule has 0 fully saturated rings. The van der Waals surface area contributed by atoms with Crippen molar-refractivity contribution < 1.29 is 0 Å². The Morgan fingerprint density at radius 2 is 1.96 bits per heavy atom. The minimum absolute atomic E-state index is 0. The molecule has 7 heteroatoms. The summed E-state index contributed by atoms with van der Waals surface area (Å²) in [5.41, 5.74) is 3.42. The number of guanidine groups is 1. The molecule has 0 aliphatic rings. The average Bonchev–Trinajstić information content (AvgIpc) is 3.03. The highest BCUT2D eigenvalue weighted by atomic mass is 127. The van der Waals surface area contributed by atoms with Crippen molar-refractivity contribution in [2.24, 2.45) is 12.0 Å². The Kier molecular flexibility index (Phi) is 7.17. The molecular formula is C18H23IN6.